The molecule has 0 bridgehead atoms. The summed E-state index contributed by atoms with van der Waals surface area (Å²) in [7, 11) is 1.60. The third-order valence-corrected chi connectivity index (χ3v) is 3.31. The molecule has 0 spiro atoms. The molecule has 1 rings (SSSR count). The second-order valence-corrected chi connectivity index (χ2v) is 6.97. The normalized spacial score (nSPS) is 21.3. The van der Waals surface area contributed by atoms with E-state index in [9.17, 15) is 9.59 Å². The van der Waals surface area contributed by atoms with E-state index in [0.29, 0.717) is 17.8 Å². The monoisotopic (exact) mass is 255 g/mol. The minimum absolute atomic E-state index is 0.110. The predicted octanol–water partition coefficient (Wildman–Crippen LogP) is 2.86. The summed E-state index contributed by atoms with van der Waals surface area (Å²) in [5, 5.41) is 0. The number of ketones is 1. The Kier molecular flexibility index (Phi) is 4.08. The molecule has 0 heterocycles. The van der Waals surface area contributed by atoms with Gasteiger partial charge in [-0.05, 0) is 38.5 Å². The lowest BCUT2D eigenvalue weighted by Crippen LogP contribution is -2.37. The summed E-state index contributed by atoms with van der Waals surface area (Å²) in [4.78, 5) is 24.8. The Balaban J connectivity index is 2.33. The number of hydrogen-bond donors (Lipinski definition) is 0. The van der Waals surface area contributed by atoms with Crippen molar-refractivity contribution in [3.8, 4) is 0 Å². The van der Waals surface area contributed by atoms with Crippen LogP contribution in [-0.2, 0) is 9.53 Å². The highest BCUT2D eigenvalue weighted by atomic mass is 16.6. The molecule has 0 aliphatic heterocycles. The van der Waals surface area contributed by atoms with Crippen LogP contribution >= 0.6 is 0 Å². The molecular weight excluding hydrogens is 230 g/mol. The number of hydrogen-bond acceptors (Lipinski definition) is 3. The molecular formula is C14H25NO3. The first kappa shape index (κ1) is 15.0. The summed E-state index contributed by atoms with van der Waals surface area (Å²) in [5.41, 5.74) is -0.215. The average molecular weight is 255 g/mol. The molecule has 18 heavy (non-hydrogen) atoms. The fourth-order valence-electron chi connectivity index (χ4n) is 1.93. The molecule has 0 N–H and O–H groups in total. The van der Waals surface area contributed by atoms with Crippen LogP contribution in [0.1, 0.15) is 47.5 Å². The molecule has 1 atom stereocenters. The molecule has 0 radical (unpaired) electrons. The van der Waals surface area contributed by atoms with Crippen molar-refractivity contribution >= 4 is 11.9 Å². The van der Waals surface area contributed by atoms with Gasteiger partial charge >= 0.3 is 6.09 Å². The lowest BCUT2D eigenvalue weighted by Gasteiger charge is -2.24. The Hall–Kier alpha value is -1.06. The van der Waals surface area contributed by atoms with Gasteiger partial charge in [-0.1, -0.05) is 13.8 Å². The molecule has 1 fully saturated rings. The minimum atomic E-state index is -0.521. The number of ether oxygens (including phenoxy) is 1. The van der Waals surface area contributed by atoms with Crippen LogP contribution in [0, 0.1) is 11.3 Å². The van der Waals surface area contributed by atoms with E-state index in [2.05, 4.69) is 13.8 Å². The van der Waals surface area contributed by atoms with E-state index in [0.717, 1.165) is 6.42 Å². The van der Waals surface area contributed by atoms with Crippen LogP contribution in [0.3, 0.4) is 0 Å². The molecule has 0 aromatic rings. The molecule has 1 aliphatic rings. The molecule has 1 saturated carbocycles. The van der Waals surface area contributed by atoms with Crippen LogP contribution in [0.25, 0.3) is 0 Å². The van der Waals surface area contributed by atoms with Gasteiger partial charge in [-0.25, -0.2) is 4.79 Å². The number of carbonyl (C=O) groups excluding carboxylic acids is 2. The Labute approximate surface area is 110 Å². The summed E-state index contributed by atoms with van der Waals surface area (Å²) < 4.78 is 5.20. The molecule has 104 valence electrons. The average Bonchev–Trinajstić information content (AvgIpc) is 2.69. The maximum atomic E-state index is 11.8. The molecule has 1 unspecified atom stereocenters. The van der Waals surface area contributed by atoms with Gasteiger partial charge in [0.1, 0.15) is 5.60 Å². The largest absolute Gasteiger partial charge is 0.444 e. The van der Waals surface area contributed by atoms with E-state index in [1.807, 2.05) is 20.8 Å². The predicted molar refractivity (Wildman–Crippen MR) is 70.4 cm³/mol. The Morgan fingerprint density at radius 3 is 2.22 bits per heavy atom. The number of likely N-dealkylation sites (N-methyl/N-ethyl adjacent to an activating group) is 1. The van der Waals surface area contributed by atoms with Crippen molar-refractivity contribution in [2.75, 3.05) is 13.6 Å². The van der Waals surface area contributed by atoms with Crippen LogP contribution in [0.4, 0.5) is 4.79 Å². The summed E-state index contributed by atoms with van der Waals surface area (Å²) in [6.07, 6.45) is 1.24. The lowest BCUT2D eigenvalue weighted by molar-refractivity contribution is -0.120. The number of amides is 1. The molecule has 4 nitrogen and oxygen atoms in total. The van der Waals surface area contributed by atoms with Gasteiger partial charge in [0, 0.05) is 13.5 Å². The molecule has 0 saturated heterocycles. The zero-order chi connectivity index (χ0) is 14.1. The first-order valence-corrected chi connectivity index (χ1v) is 6.47. The van der Waals surface area contributed by atoms with Crippen molar-refractivity contribution in [2.24, 2.45) is 11.3 Å². The number of carbonyl (C=O) groups is 2. The van der Waals surface area contributed by atoms with Crippen LogP contribution < -0.4 is 0 Å². The van der Waals surface area contributed by atoms with Gasteiger partial charge in [0.05, 0.1) is 6.54 Å². The van der Waals surface area contributed by atoms with Crippen LogP contribution in [0.5, 0.6) is 0 Å². The first-order chi connectivity index (χ1) is 8.01. The van der Waals surface area contributed by atoms with Crippen molar-refractivity contribution in [1.82, 2.24) is 4.90 Å². The van der Waals surface area contributed by atoms with Gasteiger partial charge in [-0.2, -0.15) is 0 Å². The Morgan fingerprint density at radius 1 is 1.33 bits per heavy atom. The fraction of sp³-hybridized carbons (Fsp3) is 0.857. The maximum Gasteiger partial charge on any atom is 0.410 e. The topological polar surface area (TPSA) is 46.6 Å². The van der Waals surface area contributed by atoms with E-state index >= 15 is 0 Å². The second-order valence-electron chi connectivity index (χ2n) is 6.97. The summed E-state index contributed by atoms with van der Waals surface area (Å²) in [5.74, 6) is 0.593. The van der Waals surface area contributed by atoms with Crippen molar-refractivity contribution in [2.45, 2.75) is 53.1 Å². The maximum absolute atomic E-state index is 11.8. The molecule has 0 aromatic carbocycles. The third-order valence-electron chi connectivity index (χ3n) is 3.31. The summed E-state index contributed by atoms with van der Waals surface area (Å²) in [6.45, 7) is 9.92. The highest BCUT2D eigenvalue weighted by molar-refractivity contribution is 5.84. The summed E-state index contributed by atoms with van der Waals surface area (Å²) in [6, 6.07) is 0. The smallest absolute Gasteiger partial charge is 0.410 e. The van der Waals surface area contributed by atoms with Crippen LogP contribution in [0.2, 0.25) is 0 Å². The summed E-state index contributed by atoms with van der Waals surface area (Å²) >= 11 is 0. The quantitative estimate of drug-likeness (QED) is 0.776. The van der Waals surface area contributed by atoms with Crippen molar-refractivity contribution in [3.05, 3.63) is 0 Å². The van der Waals surface area contributed by atoms with Crippen molar-refractivity contribution in [3.63, 3.8) is 0 Å². The molecule has 0 aromatic heterocycles. The first-order valence-electron chi connectivity index (χ1n) is 6.47. The van der Waals surface area contributed by atoms with Gasteiger partial charge in [0.2, 0.25) is 0 Å². The minimum Gasteiger partial charge on any atom is -0.444 e. The van der Waals surface area contributed by atoms with Gasteiger partial charge in [0.25, 0.3) is 0 Å². The van der Waals surface area contributed by atoms with Gasteiger partial charge in [0.15, 0.2) is 5.78 Å². The van der Waals surface area contributed by atoms with Gasteiger partial charge in [-0.3, -0.25) is 4.79 Å². The number of Topliss-reactive ketones (excluding diaryl/α,β-unsaturated/α-hetero) is 1. The Bertz CT molecular complexity index is 341. The SMILES string of the molecule is CN(CC(=O)CC1CC1(C)C)C(=O)OC(C)(C)C. The Morgan fingerprint density at radius 2 is 1.83 bits per heavy atom. The van der Waals surface area contributed by atoms with Crippen molar-refractivity contribution in [1.29, 1.82) is 0 Å². The number of nitrogens with zero attached hydrogens (tertiary/aromatic N) is 1. The third kappa shape index (κ3) is 4.67. The van der Waals surface area contributed by atoms with Crippen LogP contribution in [0.15, 0.2) is 0 Å². The molecule has 1 amide bonds. The second kappa shape index (κ2) is 4.90. The van der Waals surface area contributed by atoms with E-state index in [4.69, 9.17) is 4.74 Å². The van der Waals surface area contributed by atoms with E-state index in [1.165, 1.54) is 4.90 Å². The van der Waals surface area contributed by atoms with Crippen molar-refractivity contribution < 1.29 is 14.3 Å². The highest BCUT2D eigenvalue weighted by Crippen LogP contribution is 2.53. The molecule has 1 aliphatic carbocycles. The van der Waals surface area contributed by atoms with E-state index in [1.54, 1.807) is 7.05 Å². The highest BCUT2D eigenvalue weighted by Gasteiger charge is 2.46. The number of rotatable bonds is 4. The zero-order valence-corrected chi connectivity index (χ0v) is 12.4. The zero-order valence-electron chi connectivity index (χ0n) is 12.4. The van der Waals surface area contributed by atoms with Crippen LogP contribution in [-0.4, -0.2) is 36.0 Å². The lowest BCUT2D eigenvalue weighted by atomic mass is 10.1. The fourth-order valence-corrected chi connectivity index (χ4v) is 1.93. The standard InChI is InChI=1S/C14H25NO3/c1-13(2,3)18-12(17)15(6)9-11(16)7-10-8-14(10,4)5/h10H,7-9H2,1-6H3. The van der Waals surface area contributed by atoms with E-state index < -0.39 is 11.7 Å². The van der Waals surface area contributed by atoms with Gasteiger partial charge in [-0.15, -0.1) is 0 Å². The van der Waals surface area contributed by atoms with Gasteiger partial charge < -0.3 is 9.64 Å². The van der Waals surface area contributed by atoms with E-state index in [-0.39, 0.29) is 12.3 Å². The molecule has 4 heteroatoms.